The number of H-pyrrole nitrogens is 1. The van der Waals surface area contributed by atoms with Crippen molar-refractivity contribution >= 4 is 5.97 Å². The summed E-state index contributed by atoms with van der Waals surface area (Å²) in [5.41, 5.74) is 3.08. The van der Waals surface area contributed by atoms with Gasteiger partial charge in [-0.25, -0.2) is 4.79 Å². The quantitative estimate of drug-likeness (QED) is 0.590. The van der Waals surface area contributed by atoms with Crippen molar-refractivity contribution in [2.75, 3.05) is 7.11 Å². The molecule has 0 radical (unpaired) electrons. The van der Waals surface area contributed by atoms with Crippen molar-refractivity contribution in [3.8, 4) is 22.8 Å². The first kappa shape index (κ1) is 14.8. The van der Waals surface area contributed by atoms with Crippen LogP contribution in [0.2, 0.25) is 0 Å². The Bertz CT molecular complexity index is 822. The predicted molar refractivity (Wildman–Crippen MR) is 86.7 cm³/mol. The Balaban J connectivity index is 1.80. The normalized spacial score (nSPS) is 10.3. The summed E-state index contributed by atoms with van der Waals surface area (Å²) in [6, 6.07) is 16.6. The van der Waals surface area contributed by atoms with Crippen LogP contribution in [0.4, 0.5) is 0 Å². The molecule has 5 nitrogen and oxygen atoms in total. The molecule has 2 aromatic carbocycles. The molecule has 0 saturated heterocycles. The Morgan fingerprint density at radius 2 is 1.74 bits per heavy atom. The number of hydrogen-bond acceptors (Lipinski definition) is 4. The molecule has 0 aliphatic rings. The van der Waals surface area contributed by atoms with Gasteiger partial charge in [-0.05, 0) is 25.1 Å². The highest BCUT2D eigenvalue weighted by Crippen LogP contribution is 2.27. The van der Waals surface area contributed by atoms with Crippen LogP contribution in [0.15, 0.2) is 54.6 Å². The van der Waals surface area contributed by atoms with Crippen molar-refractivity contribution in [3.63, 3.8) is 0 Å². The van der Waals surface area contributed by atoms with Crippen molar-refractivity contribution in [3.05, 3.63) is 65.9 Å². The summed E-state index contributed by atoms with van der Waals surface area (Å²) in [5, 5.41) is 6.88. The van der Waals surface area contributed by atoms with Gasteiger partial charge < -0.3 is 9.47 Å². The first-order valence-corrected chi connectivity index (χ1v) is 7.15. The van der Waals surface area contributed by atoms with Gasteiger partial charge in [0.25, 0.3) is 0 Å². The van der Waals surface area contributed by atoms with Crippen LogP contribution in [0.1, 0.15) is 16.1 Å². The molecule has 1 heterocycles. The second-order valence-electron chi connectivity index (χ2n) is 5.07. The van der Waals surface area contributed by atoms with E-state index >= 15 is 0 Å². The summed E-state index contributed by atoms with van der Waals surface area (Å²) in [6.45, 7) is 2.02. The van der Waals surface area contributed by atoms with Crippen LogP contribution in [0, 0.1) is 6.92 Å². The zero-order valence-corrected chi connectivity index (χ0v) is 12.9. The number of rotatable bonds is 4. The van der Waals surface area contributed by atoms with E-state index in [1.54, 1.807) is 24.3 Å². The number of nitrogens with one attached hydrogen (secondary N) is 1. The van der Waals surface area contributed by atoms with Gasteiger partial charge in [0.1, 0.15) is 5.69 Å². The third-order valence-electron chi connectivity index (χ3n) is 3.42. The van der Waals surface area contributed by atoms with E-state index in [4.69, 9.17) is 9.47 Å². The number of methoxy groups -OCH3 is 1. The Morgan fingerprint density at radius 1 is 1.04 bits per heavy atom. The minimum Gasteiger partial charge on any atom is -0.493 e. The van der Waals surface area contributed by atoms with Gasteiger partial charge in [0.15, 0.2) is 11.5 Å². The molecule has 0 atom stereocenters. The van der Waals surface area contributed by atoms with E-state index in [9.17, 15) is 4.79 Å². The molecule has 3 aromatic rings. The second-order valence-corrected chi connectivity index (χ2v) is 5.07. The van der Waals surface area contributed by atoms with Crippen molar-refractivity contribution in [2.24, 2.45) is 0 Å². The number of carbonyl (C=O) groups excluding carboxylic acids is 1. The molecule has 1 N–H and O–H groups in total. The van der Waals surface area contributed by atoms with Gasteiger partial charge in [-0.1, -0.05) is 42.0 Å². The molecule has 5 heteroatoms. The number of hydrogen-bond donors (Lipinski definition) is 1. The second kappa shape index (κ2) is 6.36. The van der Waals surface area contributed by atoms with E-state index in [2.05, 4.69) is 10.2 Å². The number of aromatic amines is 1. The maximum Gasteiger partial charge on any atom is 0.361 e. The average molecular weight is 308 g/mol. The number of ether oxygens (including phenoxy) is 2. The minimum atomic E-state index is -0.514. The molecule has 1 aromatic heterocycles. The summed E-state index contributed by atoms with van der Waals surface area (Å²) in [5.74, 6) is 0.353. The molecule has 0 aliphatic carbocycles. The summed E-state index contributed by atoms with van der Waals surface area (Å²) < 4.78 is 10.5. The Morgan fingerprint density at radius 3 is 2.43 bits per heavy atom. The lowest BCUT2D eigenvalue weighted by Gasteiger charge is -2.07. The van der Waals surface area contributed by atoms with E-state index < -0.39 is 5.97 Å². The van der Waals surface area contributed by atoms with Crippen LogP contribution in [-0.2, 0) is 0 Å². The van der Waals surface area contributed by atoms with Crippen LogP contribution in [0.3, 0.4) is 0 Å². The van der Waals surface area contributed by atoms with E-state index in [1.165, 1.54) is 12.7 Å². The van der Waals surface area contributed by atoms with Crippen molar-refractivity contribution < 1.29 is 14.3 Å². The lowest BCUT2D eigenvalue weighted by atomic mass is 10.1. The fraction of sp³-hybridized carbons (Fsp3) is 0.111. The Hall–Kier alpha value is -3.08. The monoisotopic (exact) mass is 308 g/mol. The van der Waals surface area contributed by atoms with Gasteiger partial charge in [-0.15, -0.1) is 0 Å². The fourth-order valence-electron chi connectivity index (χ4n) is 2.16. The summed E-state index contributed by atoms with van der Waals surface area (Å²) in [6.07, 6.45) is 0. The van der Waals surface area contributed by atoms with Crippen molar-refractivity contribution in [1.82, 2.24) is 10.2 Å². The summed E-state index contributed by atoms with van der Waals surface area (Å²) >= 11 is 0. The van der Waals surface area contributed by atoms with Crippen LogP contribution in [0.25, 0.3) is 11.3 Å². The SMILES string of the molecule is COc1ccccc1OC(=O)c1cc(-c2ccc(C)cc2)n[nH]1. The zero-order valence-electron chi connectivity index (χ0n) is 12.9. The number of aryl methyl sites for hydroxylation is 1. The maximum atomic E-state index is 12.2. The molecule has 0 amide bonds. The summed E-state index contributed by atoms with van der Waals surface area (Å²) in [7, 11) is 1.53. The smallest absolute Gasteiger partial charge is 0.361 e. The molecule has 0 spiro atoms. The van der Waals surface area contributed by atoms with Crippen molar-refractivity contribution in [2.45, 2.75) is 6.92 Å². The van der Waals surface area contributed by atoms with Gasteiger partial charge in [0.05, 0.1) is 12.8 Å². The highest BCUT2D eigenvalue weighted by Gasteiger charge is 2.15. The molecule has 116 valence electrons. The molecule has 0 bridgehead atoms. The number of esters is 1. The average Bonchev–Trinajstić information content (AvgIpc) is 3.06. The fourth-order valence-corrected chi connectivity index (χ4v) is 2.16. The van der Waals surface area contributed by atoms with Gasteiger partial charge in [-0.3, -0.25) is 5.10 Å². The molecule has 23 heavy (non-hydrogen) atoms. The minimum absolute atomic E-state index is 0.284. The van der Waals surface area contributed by atoms with Gasteiger partial charge >= 0.3 is 5.97 Å². The molecular formula is C18H16N2O3. The van der Waals surface area contributed by atoms with E-state index in [0.29, 0.717) is 17.2 Å². The molecule has 0 aliphatic heterocycles. The van der Waals surface area contributed by atoms with Crippen LogP contribution in [0.5, 0.6) is 11.5 Å². The predicted octanol–water partition coefficient (Wildman–Crippen LogP) is 3.61. The maximum absolute atomic E-state index is 12.2. The number of carbonyl (C=O) groups is 1. The molecule has 0 fully saturated rings. The Labute approximate surface area is 133 Å². The number of aromatic nitrogens is 2. The van der Waals surface area contributed by atoms with Gasteiger partial charge in [0, 0.05) is 5.56 Å². The topological polar surface area (TPSA) is 64.2 Å². The van der Waals surface area contributed by atoms with Crippen LogP contribution < -0.4 is 9.47 Å². The van der Waals surface area contributed by atoms with E-state index in [-0.39, 0.29) is 5.69 Å². The van der Waals surface area contributed by atoms with Gasteiger partial charge in [0.2, 0.25) is 0 Å². The summed E-state index contributed by atoms with van der Waals surface area (Å²) in [4.78, 5) is 12.2. The first-order chi connectivity index (χ1) is 11.2. The molecule has 0 saturated carbocycles. The standard InChI is InChI=1S/C18H16N2O3/c1-12-7-9-13(10-8-12)14-11-15(20-19-14)18(21)23-17-6-4-3-5-16(17)22-2/h3-11H,1-2H3,(H,19,20). The number of nitrogens with zero attached hydrogens (tertiary/aromatic N) is 1. The van der Waals surface area contributed by atoms with E-state index in [1.807, 2.05) is 37.3 Å². The third kappa shape index (κ3) is 3.23. The highest BCUT2D eigenvalue weighted by atomic mass is 16.6. The molecular weight excluding hydrogens is 292 g/mol. The lowest BCUT2D eigenvalue weighted by Crippen LogP contribution is -2.09. The van der Waals surface area contributed by atoms with Crippen LogP contribution >= 0.6 is 0 Å². The largest absolute Gasteiger partial charge is 0.493 e. The first-order valence-electron chi connectivity index (χ1n) is 7.15. The lowest BCUT2D eigenvalue weighted by molar-refractivity contribution is 0.0723. The van der Waals surface area contributed by atoms with Crippen LogP contribution in [-0.4, -0.2) is 23.3 Å². The van der Waals surface area contributed by atoms with Crippen molar-refractivity contribution in [1.29, 1.82) is 0 Å². The Kier molecular flexibility index (Phi) is 4.10. The van der Waals surface area contributed by atoms with Gasteiger partial charge in [-0.2, -0.15) is 5.10 Å². The number of benzene rings is 2. The number of para-hydroxylation sites is 2. The molecule has 0 unspecified atom stereocenters. The third-order valence-corrected chi connectivity index (χ3v) is 3.42. The zero-order chi connectivity index (χ0) is 16.2. The highest BCUT2D eigenvalue weighted by molar-refractivity contribution is 5.90. The van der Waals surface area contributed by atoms with E-state index in [0.717, 1.165) is 5.56 Å². The molecule has 3 rings (SSSR count).